The highest BCUT2D eigenvalue weighted by molar-refractivity contribution is 7.89. The lowest BCUT2D eigenvalue weighted by atomic mass is 9.99. The molecule has 1 aliphatic carbocycles. The second-order valence-electron chi connectivity index (χ2n) is 8.94. The Hall–Kier alpha value is -3.37. The van der Waals surface area contributed by atoms with Gasteiger partial charge in [-0.15, -0.1) is 0 Å². The van der Waals surface area contributed by atoms with Crippen molar-refractivity contribution in [3.05, 3.63) is 70.1 Å². The first-order valence-corrected chi connectivity index (χ1v) is 13.0. The maximum Gasteiger partial charge on any atom is 0.225 e. The van der Waals surface area contributed by atoms with Gasteiger partial charge in [0.15, 0.2) is 15.3 Å². The molecule has 1 amide bonds. The van der Waals surface area contributed by atoms with Gasteiger partial charge < -0.3 is 9.32 Å². The maximum atomic E-state index is 13.0. The molecule has 168 valence electrons. The lowest BCUT2D eigenvalue weighted by Gasteiger charge is -2.36. The minimum Gasteiger partial charge on any atom is -0.463 e. The predicted octanol–water partition coefficient (Wildman–Crippen LogP) is 3.22. The third kappa shape index (κ3) is 4.71. The van der Waals surface area contributed by atoms with Crippen LogP contribution in [0, 0.1) is 23.7 Å². The number of hydrogen-bond acceptors (Lipinski definition) is 5. The van der Waals surface area contributed by atoms with Crippen LogP contribution in [0.15, 0.2) is 57.9 Å². The van der Waals surface area contributed by atoms with Gasteiger partial charge in [0, 0.05) is 30.8 Å². The van der Waals surface area contributed by atoms with Gasteiger partial charge in [-0.05, 0) is 42.2 Å². The number of fused-ring (bicyclic) bond motifs is 1. The molecule has 0 atom stereocenters. The Morgan fingerprint density at radius 3 is 2.52 bits per heavy atom. The number of benzene rings is 2. The monoisotopic (exact) mass is 461 g/mol. The van der Waals surface area contributed by atoms with E-state index < -0.39 is 9.84 Å². The molecule has 0 bridgehead atoms. The third-order valence-electron chi connectivity index (χ3n) is 6.01. The summed E-state index contributed by atoms with van der Waals surface area (Å²) in [6.07, 6.45) is 4.66. The van der Waals surface area contributed by atoms with E-state index in [1.165, 1.54) is 12.5 Å². The molecule has 1 aliphatic heterocycles. The number of sulfone groups is 1. The highest BCUT2D eigenvalue weighted by Crippen LogP contribution is 2.33. The van der Waals surface area contributed by atoms with Crippen LogP contribution in [0.4, 0.5) is 0 Å². The van der Waals surface area contributed by atoms with Gasteiger partial charge in [0.2, 0.25) is 5.91 Å². The summed E-state index contributed by atoms with van der Waals surface area (Å²) in [4.78, 5) is 26.9. The maximum absolute atomic E-state index is 13.0. The van der Waals surface area contributed by atoms with Crippen LogP contribution in [0.25, 0.3) is 22.1 Å². The number of rotatable bonds is 4. The number of likely N-dealkylation sites (tertiary alicyclic amines) is 1. The van der Waals surface area contributed by atoms with Crippen LogP contribution in [-0.4, -0.2) is 38.6 Å². The van der Waals surface area contributed by atoms with Gasteiger partial charge in [-0.25, -0.2) is 8.42 Å². The van der Waals surface area contributed by atoms with E-state index in [-0.39, 0.29) is 28.9 Å². The van der Waals surface area contributed by atoms with Crippen LogP contribution in [0.3, 0.4) is 0 Å². The number of carbonyl (C=O) groups is 1. The summed E-state index contributed by atoms with van der Waals surface area (Å²) in [7, 11) is -3.12. The van der Waals surface area contributed by atoms with Crippen LogP contribution in [0.5, 0.6) is 0 Å². The van der Waals surface area contributed by atoms with E-state index in [9.17, 15) is 18.0 Å². The van der Waals surface area contributed by atoms with E-state index in [1.54, 1.807) is 42.5 Å². The SMILES string of the molecule is CS(=O)(=O)Cc1ccc(-c2coc3cc(C#CC4CN(C(=O)C5CC5)C4)ccc3c2=O)cc1. The first-order chi connectivity index (χ1) is 15.8. The van der Waals surface area contributed by atoms with Gasteiger partial charge >= 0.3 is 0 Å². The van der Waals surface area contributed by atoms with Crippen molar-refractivity contribution in [1.82, 2.24) is 4.90 Å². The Morgan fingerprint density at radius 2 is 1.85 bits per heavy atom. The van der Waals surface area contributed by atoms with E-state index in [0.29, 0.717) is 40.7 Å². The second-order valence-corrected chi connectivity index (χ2v) is 11.1. The number of carbonyl (C=O) groups excluding carboxylic acids is 1. The summed E-state index contributed by atoms with van der Waals surface area (Å²) in [5, 5.41) is 0.461. The van der Waals surface area contributed by atoms with Gasteiger partial charge in [-0.3, -0.25) is 9.59 Å². The molecule has 1 saturated heterocycles. The molecule has 0 N–H and O–H groups in total. The van der Waals surface area contributed by atoms with Crippen LogP contribution in [0.1, 0.15) is 24.0 Å². The quantitative estimate of drug-likeness (QED) is 0.557. The van der Waals surface area contributed by atoms with Gasteiger partial charge in [-0.2, -0.15) is 0 Å². The first-order valence-electron chi connectivity index (χ1n) is 10.9. The van der Waals surface area contributed by atoms with Crippen molar-refractivity contribution in [2.75, 3.05) is 19.3 Å². The molecule has 0 unspecified atom stereocenters. The molecule has 33 heavy (non-hydrogen) atoms. The van der Waals surface area contributed by atoms with Crippen molar-refractivity contribution in [2.45, 2.75) is 18.6 Å². The minimum atomic E-state index is -3.12. The fourth-order valence-corrected chi connectivity index (χ4v) is 4.81. The standard InChI is InChI=1S/C26H23NO5S/c1-33(30,31)16-18-4-7-20(8-5-18)23-15-32-24-12-17(6-11-22(24)25(23)28)2-3-19-13-27(14-19)26(29)21-9-10-21/h4-8,11-12,15,19,21H,9-10,13-14,16H2,1H3. The fourth-order valence-electron chi connectivity index (χ4n) is 4.01. The topological polar surface area (TPSA) is 84.7 Å². The molecule has 5 rings (SSSR count). The number of nitrogens with zero attached hydrogens (tertiary/aromatic N) is 1. The molecular weight excluding hydrogens is 438 g/mol. The number of amides is 1. The zero-order valence-electron chi connectivity index (χ0n) is 18.2. The van der Waals surface area contributed by atoms with Gasteiger partial charge in [0.25, 0.3) is 0 Å². The number of hydrogen-bond donors (Lipinski definition) is 0. The average Bonchev–Trinajstić information content (AvgIpc) is 3.58. The molecule has 7 heteroatoms. The Labute approximate surface area is 192 Å². The van der Waals surface area contributed by atoms with E-state index in [0.717, 1.165) is 18.4 Å². The highest BCUT2D eigenvalue weighted by Gasteiger charge is 2.38. The van der Waals surface area contributed by atoms with Gasteiger partial charge in [0.1, 0.15) is 11.8 Å². The Balaban J connectivity index is 1.32. The van der Waals surface area contributed by atoms with Crippen molar-refractivity contribution in [3.63, 3.8) is 0 Å². The second kappa shape index (κ2) is 8.20. The third-order valence-corrected chi connectivity index (χ3v) is 6.87. The Morgan fingerprint density at radius 1 is 1.12 bits per heavy atom. The zero-order chi connectivity index (χ0) is 23.2. The van der Waals surface area contributed by atoms with E-state index >= 15 is 0 Å². The molecule has 2 aliphatic rings. The summed E-state index contributed by atoms with van der Waals surface area (Å²) < 4.78 is 28.7. The van der Waals surface area contributed by atoms with Gasteiger partial charge in [-0.1, -0.05) is 36.1 Å². The lowest BCUT2D eigenvalue weighted by Crippen LogP contribution is -2.50. The van der Waals surface area contributed by atoms with Crippen molar-refractivity contribution in [3.8, 4) is 23.0 Å². The molecule has 2 fully saturated rings. The Kier molecular flexibility index (Phi) is 5.34. The molecular formula is C26H23NO5S. The van der Waals surface area contributed by atoms with E-state index in [1.807, 2.05) is 4.90 Å². The summed E-state index contributed by atoms with van der Waals surface area (Å²) in [6.45, 7) is 1.38. The lowest BCUT2D eigenvalue weighted by molar-refractivity contribution is -0.137. The van der Waals surface area contributed by atoms with Crippen LogP contribution < -0.4 is 5.43 Å². The molecule has 2 heterocycles. The Bertz CT molecular complexity index is 1470. The normalized spacial score (nSPS) is 16.2. The van der Waals surface area contributed by atoms with Crippen LogP contribution >= 0.6 is 0 Å². The molecule has 1 aromatic heterocycles. The van der Waals surface area contributed by atoms with Crippen LogP contribution in [-0.2, 0) is 20.4 Å². The van der Waals surface area contributed by atoms with Crippen molar-refractivity contribution < 1.29 is 17.6 Å². The first kappa shape index (κ1) is 21.5. The van der Waals surface area contributed by atoms with Crippen molar-refractivity contribution in [2.24, 2.45) is 11.8 Å². The molecule has 6 nitrogen and oxygen atoms in total. The summed E-state index contributed by atoms with van der Waals surface area (Å²) in [6, 6.07) is 12.2. The molecule has 1 saturated carbocycles. The molecule has 0 radical (unpaired) electrons. The molecule has 3 aromatic rings. The molecule has 2 aromatic carbocycles. The minimum absolute atomic E-state index is 0.0425. The predicted molar refractivity (Wildman–Crippen MR) is 126 cm³/mol. The largest absolute Gasteiger partial charge is 0.463 e. The zero-order valence-corrected chi connectivity index (χ0v) is 19.0. The molecule has 0 spiro atoms. The van der Waals surface area contributed by atoms with Crippen LogP contribution in [0.2, 0.25) is 0 Å². The smallest absolute Gasteiger partial charge is 0.225 e. The van der Waals surface area contributed by atoms with Crippen molar-refractivity contribution in [1.29, 1.82) is 0 Å². The fraction of sp³-hybridized carbons (Fsp3) is 0.308. The van der Waals surface area contributed by atoms with E-state index in [4.69, 9.17) is 4.42 Å². The highest BCUT2D eigenvalue weighted by atomic mass is 32.2. The summed E-state index contributed by atoms with van der Waals surface area (Å²) in [5.74, 6) is 7.00. The van der Waals surface area contributed by atoms with E-state index in [2.05, 4.69) is 11.8 Å². The average molecular weight is 462 g/mol. The summed E-state index contributed by atoms with van der Waals surface area (Å²) in [5.41, 5.74) is 2.82. The summed E-state index contributed by atoms with van der Waals surface area (Å²) >= 11 is 0. The van der Waals surface area contributed by atoms with Crippen molar-refractivity contribution >= 4 is 26.7 Å². The van der Waals surface area contributed by atoms with Gasteiger partial charge in [0.05, 0.1) is 22.6 Å².